The summed E-state index contributed by atoms with van der Waals surface area (Å²) in [5.41, 5.74) is 0. The van der Waals surface area contributed by atoms with E-state index in [1.807, 2.05) is 0 Å². The van der Waals surface area contributed by atoms with Crippen molar-refractivity contribution in [1.29, 1.82) is 0 Å². The van der Waals surface area contributed by atoms with E-state index in [0.29, 0.717) is 0 Å². The highest BCUT2D eigenvalue weighted by molar-refractivity contribution is 4.90. The first kappa shape index (κ1) is 7.11. The van der Waals surface area contributed by atoms with Gasteiger partial charge >= 0.3 is 0 Å². The van der Waals surface area contributed by atoms with Gasteiger partial charge in [-0.25, -0.2) is 0 Å². The molecule has 0 saturated heterocycles. The van der Waals surface area contributed by atoms with Gasteiger partial charge in [0.2, 0.25) is 0 Å². The standard InChI is InChI=1S/C9H16/c1-2-6-9-7-4-3-5-8-9/h3-4,9H,2,5-8H2,1H3. The Morgan fingerprint density at radius 2 is 2.33 bits per heavy atom. The van der Waals surface area contributed by atoms with Gasteiger partial charge in [0.1, 0.15) is 0 Å². The summed E-state index contributed by atoms with van der Waals surface area (Å²) in [6.07, 6.45) is 11.5. The van der Waals surface area contributed by atoms with Crippen LogP contribution in [0.5, 0.6) is 0 Å². The van der Waals surface area contributed by atoms with Crippen molar-refractivity contribution in [3.63, 3.8) is 0 Å². The van der Waals surface area contributed by atoms with Crippen LogP contribution in [0.1, 0.15) is 39.0 Å². The molecule has 0 aromatic carbocycles. The Balaban J connectivity index is 2.08. The van der Waals surface area contributed by atoms with E-state index in [1.54, 1.807) is 0 Å². The van der Waals surface area contributed by atoms with Crippen LogP contribution in [0.25, 0.3) is 0 Å². The Hall–Kier alpha value is 0. The fourth-order valence-electron chi connectivity index (χ4n) is 1.53. The van der Waals surface area contributed by atoms with Crippen molar-refractivity contribution >= 4 is 0 Å². The first-order valence-electron chi connectivity index (χ1n) is 4.08. The van der Waals surface area contributed by atoms with Gasteiger partial charge in [0.05, 0.1) is 0 Å². The molecule has 1 aliphatic rings. The molecule has 0 heteroatoms. The zero-order chi connectivity index (χ0) is 6.53. The Labute approximate surface area is 58.7 Å². The van der Waals surface area contributed by atoms with E-state index in [-0.39, 0.29) is 0 Å². The van der Waals surface area contributed by atoms with Gasteiger partial charge in [0.25, 0.3) is 0 Å². The van der Waals surface area contributed by atoms with Crippen LogP contribution in [-0.4, -0.2) is 0 Å². The van der Waals surface area contributed by atoms with Crippen molar-refractivity contribution in [2.24, 2.45) is 5.92 Å². The van der Waals surface area contributed by atoms with Crippen molar-refractivity contribution in [1.82, 2.24) is 0 Å². The summed E-state index contributed by atoms with van der Waals surface area (Å²) >= 11 is 0. The predicted octanol–water partition coefficient (Wildman–Crippen LogP) is 3.00. The molecule has 52 valence electrons. The van der Waals surface area contributed by atoms with E-state index in [0.717, 1.165) is 5.92 Å². The molecule has 1 aliphatic carbocycles. The third kappa shape index (κ3) is 2.38. The zero-order valence-electron chi connectivity index (χ0n) is 6.27. The molecular formula is C9H16. The minimum absolute atomic E-state index is 1.01. The van der Waals surface area contributed by atoms with Crippen LogP contribution >= 0.6 is 0 Å². The van der Waals surface area contributed by atoms with Crippen molar-refractivity contribution in [2.45, 2.75) is 39.0 Å². The van der Waals surface area contributed by atoms with Crippen LogP contribution in [-0.2, 0) is 0 Å². The van der Waals surface area contributed by atoms with E-state index >= 15 is 0 Å². The lowest BCUT2D eigenvalue weighted by molar-refractivity contribution is 0.415. The highest BCUT2D eigenvalue weighted by atomic mass is 14.2. The lowest BCUT2D eigenvalue weighted by Crippen LogP contribution is -2.05. The largest absolute Gasteiger partial charge is 0.0654 e. The van der Waals surface area contributed by atoms with Gasteiger partial charge < -0.3 is 0 Å². The van der Waals surface area contributed by atoms with Gasteiger partial charge in [0, 0.05) is 0 Å². The lowest BCUT2D eigenvalue weighted by Gasteiger charge is -2.19. The number of hydrogen-bond donors (Lipinski definition) is 0. The molecule has 1 rings (SSSR count). The van der Waals surface area contributed by atoms with Gasteiger partial charge in [-0.1, -0.05) is 26.2 Å². The second-order valence-corrected chi connectivity index (χ2v) is 2.94. The molecule has 0 heterocycles. The SMILES string of the molecule is CCCC1C[CH][CH]CC1. The Morgan fingerprint density at radius 3 is 2.89 bits per heavy atom. The molecule has 0 nitrogen and oxygen atoms in total. The Kier molecular flexibility index (Phi) is 3.10. The molecule has 0 N–H and O–H groups in total. The summed E-state index contributed by atoms with van der Waals surface area (Å²) in [6.45, 7) is 2.28. The smallest absolute Gasteiger partial charge is 0.0349 e. The van der Waals surface area contributed by atoms with E-state index in [4.69, 9.17) is 0 Å². The molecule has 9 heavy (non-hydrogen) atoms. The molecule has 0 aromatic rings. The van der Waals surface area contributed by atoms with Crippen LogP contribution < -0.4 is 0 Å². The Morgan fingerprint density at radius 1 is 1.44 bits per heavy atom. The van der Waals surface area contributed by atoms with Gasteiger partial charge in [-0.05, 0) is 31.6 Å². The summed E-state index contributed by atoms with van der Waals surface area (Å²) < 4.78 is 0. The van der Waals surface area contributed by atoms with E-state index < -0.39 is 0 Å². The van der Waals surface area contributed by atoms with Crippen molar-refractivity contribution in [3.05, 3.63) is 12.8 Å². The van der Waals surface area contributed by atoms with Crippen LogP contribution in [0.4, 0.5) is 0 Å². The Bertz CT molecular complexity index is 57.7. The highest BCUT2D eigenvalue weighted by Crippen LogP contribution is 2.25. The second kappa shape index (κ2) is 3.92. The quantitative estimate of drug-likeness (QED) is 0.531. The molecule has 0 bridgehead atoms. The first-order chi connectivity index (χ1) is 4.43. The molecule has 1 fully saturated rings. The third-order valence-electron chi connectivity index (χ3n) is 2.07. The summed E-state index contributed by atoms with van der Waals surface area (Å²) in [6, 6.07) is 0. The van der Waals surface area contributed by atoms with Crippen molar-refractivity contribution < 1.29 is 0 Å². The number of hydrogen-bond acceptors (Lipinski definition) is 0. The maximum atomic E-state index is 2.34. The maximum absolute atomic E-state index is 2.34. The predicted molar refractivity (Wildman–Crippen MR) is 40.8 cm³/mol. The van der Waals surface area contributed by atoms with E-state index in [2.05, 4.69) is 19.8 Å². The van der Waals surface area contributed by atoms with Gasteiger partial charge in [-0.3, -0.25) is 0 Å². The average Bonchev–Trinajstić information content (AvgIpc) is 1.91. The maximum Gasteiger partial charge on any atom is -0.0349 e. The molecule has 1 atom stereocenters. The fraction of sp³-hybridized carbons (Fsp3) is 0.778. The topological polar surface area (TPSA) is 0 Å². The minimum Gasteiger partial charge on any atom is -0.0654 e. The molecule has 0 aromatic heterocycles. The van der Waals surface area contributed by atoms with Crippen molar-refractivity contribution in [2.75, 3.05) is 0 Å². The molecule has 0 amide bonds. The minimum atomic E-state index is 1.01. The van der Waals surface area contributed by atoms with Crippen LogP contribution in [0, 0.1) is 18.8 Å². The normalized spacial score (nSPS) is 22.3. The molecule has 1 saturated carbocycles. The molecule has 2 radical (unpaired) electrons. The van der Waals surface area contributed by atoms with Gasteiger partial charge in [-0.2, -0.15) is 0 Å². The lowest BCUT2D eigenvalue weighted by atomic mass is 9.86. The molecular weight excluding hydrogens is 108 g/mol. The van der Waals surface area contributed by atoms with Crippen LogP contribution in [0.15, 0.2) is 0 Å². The molecule has 0 aliphatic heterocycles. The average molecular weight is 124 g/mol. The number of rotatable bonds is 2. The summed E-state index contributed by atoms with van der Waals surface area (Å²) in [5.74, 6) is 1.01. The molecule has 0 spiro atoms. The summed E-state index contributed by atoms with van der Waals surface area (Å²) in [4.78, 5) is 0. The van der Waals surface area contributed by atoms with Crippen LogP contribution in [0.2, 0.25) is 0 Å². The van der Waals surface area contributed by atoms with Crippen LogP contribution in [0.3, 0.4) is 0 Å². The van der Waals surface area contributed by atoms with E-state index in [9.17, 15) is 0 Å². The summed E-state index contributed by atoms with van der Waals surface area (Å²) in [5, 5.41) is 0. The second-order valence-electron chi connectivity index (χ2n) is 2.94. The fourth-order valence-corrected chi connectivity index (χ4v) is 1.53. The third-order valence-corrected chi connectivity index (χ3v) is 2.07. The van der Waals surface area contributed by atoms with Gasteiger partial charge in [0.15, 0.2) is 0 Å². The highest BCUT2D eigenvalue weighted by Gasteiger charge is 2.11. The monoisotopic (exact) mass is 124 g/mol. The van der Waals surface area contributed by atoms with Crippen molar-refractivity contribution in [3.8, 4) is 0 Å². The van der Waals surface area contributed by atoms with E-state index in [1.165, 1.54) is 32.1 Å². The summed E-state index contributed by atoms with van der Waals surface area (Å²) in [7, 11) is 0. The zero-order valence-corrected chi connectivity index (χ0v) is 6.27. The first-order valence-corrected chi connectivity index (χ1v) is 4.08. The van der Waals surface area contributed by atoms with Gasteiger partial charge in [-0.15, -0.1) is 0 Å². The molecule has 1 unspecified atom stereocenters.